The van der Waals surface area contributed by atoms with Crippen molar-refractivity contribution >= 4 is 51.3 Å². The van der Waals surface area contributed by atoms with Gasteiger partial charge in [-0.3, -0.25) is 25.0 Å². The first kappa shape index (κ1) is 19.5. The summed E-state index contributed by atoms with van der Waals surface area (Å²) in [5.74, 6) is -0.706. The second-order valence-electron chi connectivity index (χ2n) is 5.68. The second kappa shape index (κ2) is 8.19. The van der Waals surface area contributed by atoms with Crippen molar-refractivity contribution in [2.75, 3.05) is 10.6 Å². The Morgan fingerprint density at radius 3 is 2.82 bits per heavy atom. The van der Waals surface area contributed by atoms with Crippen LogP contribution in [0.1, 0.15) is 21.8 Å². The molecule has 28 heavy (non-hydrogen) atoms. The summed E-state index contributed by atoms with van der Waals surface area (Å²) in [6.45, 7) is 1.68. The van der Waals surface area contributed by atoms with Gasteiger partial charge in [-0.2, -0.15) is 0 Å². The van der Waals surface area contributed by atoms with E-state index in [4.69, 9.17) is 16.0 Å². The largest absolute Gasteiger partial charge is 0.459 e. The van der Waals surface area contributed by atoms with Gasteiger partial charge in [-0.05, 0) is 30.7 Å². The van der Waals surface area contributed by atoms with Crippen LogP contribution in [0.4, 0.5) is 16.5 Å². The number of nitrogens with one attached hydrogen (secondary N) is 2. The summed E-state index contributed by atoms with van der Waals surface area (Å²) in [6, 6.07) is 5.74. The fourth-order valence-corrected chi connectivity index (χ4v) is 3.30. The van der Waals surface area contributed by atoms with E-state index >= 15 is 0 Å². The second-order valence-corrected chi connectivity index (χ2v) is 6.94. The van der Waals surface area contributed by atoms with Gasteiger partial charge in [0, 0.05) is 11.4 Å². The van der Waals surface area contributed by atoms with E-state index in [1.54, 1.807) is 18.4 Å². The zero-order valence-corrected chi connectivity index (χ0v) is 16.0. The van der Waals surface area contributed by atoms with Crippen LogP contribution < -0.4 is 10.6 Å². The lowest BCUT2D eigenvalue weighted by atomic mass is 10.1. The van der Waals surface area contributed by atoms with Crippen molar-refractivity contribution in [3.63, 3.8) is 0 Å². The molecule has 0 aliphatic heterocycles. The van der Waals surface area contributed by atoms with Crippen LogP contribution >= 0.6 is 22.9 Å². The van der Waals surface area contributed by atoms with E-state index in [2.05, 4.69) is 15.6 Å². The van der Waals surface area contributed by atoms with Gasteiger partial charge < -0.3 is 9.73 Å². The quantitative estimate of drug-likeness (QED) is 0.457. The molecule has 0 fully saturated rings. The van der Waals surface area contributed by atoms with Crippen LogP contribution in [-0.4, -0.2) is 21.7 Å². The molecule has 0 aliphatic carbocycles. The van der Waals surface area contributed by atoms with E-state index in [-0.39, 0.29) is 22.9 Å². The van der Waals surface area contributed by atoms with E-state index in [0.717, 1.165) is 11.3 Å². The molecule has 0 radical (unpaired) electrons. The molecule has 9 nitrogen and oxygen atoms in total. The summed E-state index contributed by atoms with van der Waals surface area (Å²) in [4.78, 5) is 38.7. The fraction of sp³-hybridized carbons (Fsp3) is 0.118. The third kappa shape index (κ3) is 4.53. The number of furan rings is 1. The highest BCUT2D eigenvalue weighted by atomic mass is 35.5. The van der Waals surface area contributed by atoms with Crippen molar-refractivity contribution in [2.45, 2.75) is 13.3 Å². The number of halogens is 1. The Kier molecular flexibility index (Phi) is 5.71. The van der Waals surface area contributed by atoms with E-state index in [1.807, 2.05) is 0 Å². The van der Waals surface area contributed by atoms with Crippen LogP contribution in [-0.2, 0) is 11.2 Å². The van der Waals surface area contributed by atoms with Crippen LogP contribution in [0.5, 0.6) is 0 Å². The van der Waals surface area contributed by atoms with Gasteiger partial charge in [-0.15, -0.1) is 11.3 Å². The molecule has 2 heterocycles. The SMILES string of the molecule is Cc1cc(Cl)c([N+](=O)[O-])cc1NC(=O)Cc1csc(NC(=O)c2ccco2)n1. The number of aromatic nitrogens is 1. The maximum atomic E-state index is 12.3. The highest BCUT2D eigenvalue weighted by molar-refractivity contribution is 7.14. The van der Waals surface area contributed by atoms with Gasteiger partial charge >= 0.3 is 0 Å². The molecule has 2 N–H and O–H groups in total. The molecule has 2 amide bonds. The molecule has 3 aromatic rings. The van der Waals surface area contributed by atoms with Gasteiger partial charge in [-0.25, -0.2) is 4.98 Å². The number of aryl methyl sites for hydroxylation is 1. The number of benzene rings is 1. The molecule has 1 aromatic carbocycles. The predicted octanol–water partition coefficient (Wildman–Crippen LogP) is 4.04. The van der Waals surface area contributed by atoms with Crippen molar-refractivity contribution in [3.05, 3.63) is 68.1 Å². The van der Waals surface area contributed by atoms with Gasteiger partial charge in [0.2, 0.25) is 5.91 Å². The molecule has 0 spiro atoms. The average molecular weight is 421 g/mol. The minimum atomic E-state index is -0.619. The number of anilines is 2. The third-order valence-corrected chi connectivity index (χ3v) is 4.73. The molecule has 0 saturated heterocycles. The van der Waals surface area contributed by atoms with Gasteiger partial charge in [0.1, 0.15) is 5.02 Å². The Morgan fingerprint density at radius 2 is 2.14 bits per heavy atom. The molecular weight excluding hydrogens is 408 g/mol. The van der Waals surface area contributed by atoms with E-state index in [1.165, 1.54) is 24.5 Å². The number of nitrogens with zero attached hydrogens (tertiary/aromatic N) is 2. The molecular formula is C17H13ClN4O5S. The maximum Gasteiger partial charge on any atom is 0.293 e. The maximum absolute atomic E-state index is 12.3. The first-order valence-electron chi connectivity index (χ1n) is 7.87. The Hall–Kier alpha value is -3.24. The van der Waals surface area contributed by atoms with Gasteiger partial charge in [0.05, 0.1) is 29.0 Å². The number of thiazole rings is 1. The zero-order chi connectivity index (χ0) is 20.3. The lowest BCUT2D eigenvalue weighted by molar-refractivity contribution is -0.384. The van der Waals surface area contributed by atoms with Crippen LogP contribution in [0.25, 0.3) is 0 Å². The monoisotopic (exact) mass is 420 g/mol. The summed E-state index contributed by atoms with van der Waals surface area (Å²) in [5, 5.41) is 18.1. The molecule has 2 aromatic heterocycles. The minimum absolute atomic E-state index is 0.00283. The molecule has 3 rings (SSSR count). The van der Waals surface area contributed by atoms with Crippen LogP contribution in [0.15, 0.2) is 40.3 Å². The Morgan fingerprint density at radius 1 is 1.36 bits per heavy atom. The van der Waals surface area contributed by atoms with E-state index in [0.29, 0.717) is 22.1 Å². The third-order valence-electron chi connectivity index (χ3n) is 3.62. The van der Waals surface area contributed by atoms with Crippen molar-refractivity contribution in [1.29, 1.82) is 0 Å². The number of carbonyl (C=O) groups is 2. The number of nitro groups is 1. The van der Waals surface area contributed by atoms with Crippen LogP contribution in [0, 0.1) is 17.0 Å². The van der Waals surface area contributed by atoms with Crippen LogP contribution in [0.2, 0.25) is 5.02 Å². The number of hydrogen-bond acceptors (Lipinski definition) is 7. The first-order valence-corrected chi connectivity index (χ1v) is 9.13. The predicted molar refractivity (Wildman–Crippen MR) is 104 cm³/mol. The number of amides is 2. The van der Waals surface area contributed by atoms with Gasteiger partial charge in [0.15, 0.2) is 10.9 Å². The van der Waals surface area contributed by atoms with Gasteiger partial charge in [-0.1, -0.05) is 11.6 Å². The summed E-state index contributed by atoms with van der Waals surface area (Å²) >= 11 is 7.00. The Labute approximate surface area is 167 Å². The zero-order valence-electron chi connectivity index (χ0n) is 14.4. The Balaban J connectivity index is 1.64. The molecule has 144 valence electrons. The molecule has 0 bridgehead atoms. The summed E-state index contributed by atoms with van der Waals surface area (Å²) in [5.41, 5.74) is 1.04. The van der Waals surface area contributed by atoms with Crippen molar-refractivity contribution < 1.29 is 18.9 Å². The number of hydrogen-bond donors (Lipinski definition) is 2. The highest BCUT2D eigenvalue weighted by Gasteiger charge is 2.17. The number of rotatable bonds is 6. The van der Waals surface area contributed by atoms with Crippen molar-refractivity contribution in [1.82, 2.24) is 4.98 Å². The molecule has 11 heteroatoms. The normalized spacial score (nSPS) is 10.5. The lowest BCUT2D eigenvalue weighted by Gasteiger charge is -2.08. The number of carbonyl (C=O) groups excluding carboxylic acids is 2. The van der Waals surface area contributed by atoms with Crippen molar-refractivity contribution in [2.24, 2.45) is 0 Å². The molecule has 0 atom stereocenters. The minimum Gasteiger partial charge on any atom is -0.459 e. The summed E-state index contributed by atoms with van der Waals surface area (Å²) in [7, 11) is 0. The highest BCUT2D eigenvalue weighted by Crippen LogP contribution is 2.30. The van der Waals surface area contributed by atoms with Crippen LogP contribution in [0.3, 0.4) is 0 Å². The summed E-state index contributed by atoms with van der Waals surface area (Å²) in [6.07, 6.45) is 1.32. The lowest BCUT2D eigenvalue weighted by Crippen LogP contribution is -2.16. The molecule has 0 saturated carbocycles. The standard InChI is InChI=1S/C17H13ClN4O5S/c1-9-5-11(18)13(22(25)26)7-12(9)20-15(23)6-10-8-28-17(19-10)21-16(24)14-3-2-4-27-14/h2-5,7-8H,6H2,1H3,(H,20,23)(H,19,21,24). The van der Waals surface area contributed by atoms with E-state index < -0.39 is 16.7 Å². The smallest absolute Gasteiger partial charge is 0.293 e. The average Bonchev–Trinajstić information content (AvgIpc) is 3.29. The fourth-order valence-electron chi connectivity index (χ4n) is 2.31. The van der Waals surface area contributed by atoms with Crippen molar-refractivity contribution in [3.8, 4) is 0 Å². The topological polar surface area (TPSA) is 127 Å². The number of nitro benzene ring substituents is 1. The molecule has 0 aliphatic rings. The molecule has 0 unspecified atom stereocenters. The van der Waals surface area contributed by atoms with Gasteiger partial charge in [0.25, 0.3) is 11.6 Å². The first-order chi connectivity index (χ1) is 13.3. The summed E-state index contributed by atoms with van der Waals surface area (Å²) < 4.78 is 4.99. The van der Waals surface area contributed by atoms with E-state index in [9.17, 15) is 19.7 Å². The Bertz CT molecular complexity index is 1050.